The monoisotopic (exact) mass is 339 g/mol. The van der Waals surface area contributed by atoms with Crippen LogP contribution in [-0.2, 0) is 6.54 Å². The van der Waals surface area contributed by atoms with E-state index in [2.05, 4.69) is 62.0 Å². The summed E-state index contributed by atoms with van der Waals surface area (Å²) in [5.41, 5.74) is 0. The molecule has 0 aliphatic rings. The number of aryl methyl sites for hydroxylation is 1. The summed E-state index contributed by atoms with van der Waals surface area (Å²) in [6.45, 7) is 3.09. The largest absolute Gasteiger partial charge is 0.334 e. The second-order valence-corrected chi connectivity index (χ2v) is 6.19. The summed E-state index contributed by atoms with van der Waals surface area (Å²) in [5.74, 6) is 2.07. The fraction of sp³-hybridized carbons (Fsp3) is 0.357. The van der Waals surface area contributed by atoms with E-state index in [1.165, 1.54) is 4.90 Å². The zero-order valence-corrected chi connectivity index (χ0v) is 13.5. The molecule has 0 aliphatic heterocycles. The fourth-order valence-electron chi connectivity index (χ4n) is 1.90. The maximum atomic E-state index is 4.46. The van der Waals surface area contributed by atoms with Crippen LogP contribution in [0.4, 0.5) is 0 Å². The Labute approximate surface area is 126 Å². The number of benzene rings is 1. The minimum Gasteiger partial charge on any atom is -0.334 e. The first-order valence-corrected chi connectivity index (χ1v) is 8.09. The van der Waals surface area contributed by atoms with E-state index >= 15 is 0 Å². The molecule has 0 saturated carbocycles. The number of nitrogens with zero attached hydrogens (tertiary/aromatic N) is 2. The molecule has 0 bridgehead atoms. The van der Waals surface area contributed by atoms with Crippen molar-refractivity contribution in [2.24, 2.45) is 0 Å². The van der Waals surface area contributed by atoms with Gasteiger partial charge in [-0.25, -0.2) is 4.98 Å². The third-order valence-electron chi connectivity index (χ3n) is 2.98. The molecule has 1 heterocycles. The number of halogens is 1. The van der Waals surface area contributed by atoms with Crippen LogP contribution in [0.2, 0.25) is 0 Å². The van der Waals surface area contributed by atoms with Gasteiger partial charge in [-0.05, 0) is 38.2 Å². The van der Waals surface area contributed by atoms with Crippen LogP contribution < -0.4 is 5.32 Å². The molecule has 0 saturated heterocycles. The first kappa shape index (κ1) is 14.6. The maximum Gasteiger partial charge on any atom is 0.126 e. The second kappa shape index (κ2) is 7.12. The Morgan fingerprint density at radius 2 is 2.11 bits per heavy atom. The Morgan fingerprint density at radius 3 is 2.74 bits per heavy atom. The van der Waals surface area contributed by atoms with Gasteiger partial charge in [-0.1, -0.05) is 15.9 Å². The molecular formula is C14H18BrN3S. The second-order valence-electron chi connectivity index (χ2n) is 4.18. The van der Waals surface area contributed by atoms with Crippen LogP contribution in [0.15, 0.2) is 46.0 Å². The van der Waals surface area contributed by atoms with E-state index < -0.39 is 0 Å². The zero-order valence-electron chi connectivity index (χ0n) is 11.1. The molecule has 0 fully saturated rings. The number of rotatable bonds is 6. The van der Waals surface area contributed by atoms with Crippen LogP contribution in [0.5, 0.6) is 0 Å². The van der Waals surface area contributed by atoms with Gasteiger partial charge < -0.3 is 9.88 Å². The molecule has 1 aromatic carbocycles. The first-order valence-electron chi connectivity index (χ1n) is 6.31. The van der Waals surface area contributed by atoms with E-state index in [0.29, 0.717) is 0 Å². The van der Waals surface area contributed by atoms with Crippen molar-refractivity contribution in [2.45, 2.75) is 24.4 Å². The number of aromatic nitrogens is 2. The van der Waals surface area contributed by atoms with Crippen molar-refractivity contribution in [1.29, 1.82) is 0 Å². The lowest BCUT2D eigenvalue weighted by Crippen LogP contribution is -2.22. The van der Waals surface area contributed by atoms with Crippen LogP contribution in [0.1, 0.15) is 18.8 Å². The molecule has 19 heavy (non-hydrogen) atoms. The van der Waals surface area contributed by atoms with Gasteiger partial charge in [-0.15, -0.1) is 11.8 Å². The smallest absolute Gasteiger partial charge is 0.126 e. The molecule has 102 valence electrons. The fourth-order valence-corrected chi connectivity index (χ4v) is 3.16. The normalized spacial score (nSPS) is 12.6. The van der Waals surface area contributed by atoms with Crippen LogP contribution in [-0.4, -0.2) is 22.4 Å². The van der Waals surface area contributed by atoms with E-state index in [9.17, 15) is 0 Å². The Balaban J connectivity index is 2.02. The molecule has 1 aromatic heterocycles. The Hall–Kier alpha value is -0.780. The molecule has 2 rings (SSSR count). The number of thioether (sulfide) groups is 1. The molecule has 1 N–H and O–H groups in total. The Kier molecular flexibility index (Phi) is 5.48. The highest BCUT2D eigenvalue weighted by atomic mass is 79.9. The van der Waals surface area contributed by atoms with Gasteiger partial charge in [-0.3, -0.25) is 0 Å². The number of nitrogens with one attached hydrogen (secondary N) is 1. The van der Waals surface area contributed by atoms with Crippen LogP contribution in [0.25, 0.3) is 0 Å². The standard InChI is InChI=1S/C14H18BrN3S/c1-3-18-9-8-17-14(18)13(16-2)10-19-12-6-4-11(15)5-7-12/h4-9,13,16H,3,10H2,1-2H3. The molecule has 1 unspecified atom stereocenters. The maximum absolute atomic E-state index is 4.46. The average molecular weight is 340 g/mol. The van der Waals surface area contributed by atoms with Gasteiger partial charge >= 0.3 is 0 Å². The van der Waals surface area contributed by atoms with Crippen molar-refractivity contribution in [3.8, 4) is 0 Å². The summed E-state index contributed by atoms with van der Waals surface area (Å²) < 4.78 is 3.30. The highest BCUT2D eigenvalue weighted by Gasteiger charge is 2.14. The first-order chi connectivity index (χ1) is 9.24. The lowest BCUT2D eigenvalue weighted by molar-refractivity contribution is 0.570. The molecule has 5 heteroatoms. The minimum atomic E-state index is 0.267. The van der Waals surface area contributed by atoms with Gasteiger partial charge in [0.25, 0.3) is 0 Å². The summed E-state index contributed by atoms with van der Waals surface area (Å²) in [6, 6.07) is 8.68. The third kappa shape index (κ3) is 3.84. The van der Waals surface area contributed by atoms with Crippen molar-refractivity contribution < 1.29 is 0 Å². The number of imidazole rings is 1. The van der Waals surface area contributed by atoms with Gasteiger partial charge in [-0.2, -0.15) is 0 Å². The van der Waals surface area contributed by atoms with Gasteiger partial charge in [0.1, 0.15) is 5.82 Å². The Morgan fingerprint density at radius 1 is 1.37 bits per heavy atom. The van der Waals surface area contributed by atoms with E-state index in [1.807, 2.05) is 31.2 Å². The topological polar surface area (TPSA) is 29.9 Å². The molecule has 0 spiro atoms. The summed E-state index contributed by atoms with van der Waals surface area (Å²) in [7, 11) is 1.99. The highest BCUT2D eigenvalue weighted by Crippen LogP contribution is 2.25. The van der Waals surface area contributed by atoms with Crippen molar-refractivity contribution in [2.75, 3.05) is 12.8 Å². The average Bonchev–Trinajstić information content (AvgIpc) is 2.90. The van der Waals surface area contributed by atoms with Gasteiger partial charge in [0.2, 0.25) is 0 Å². The zero-order chi connectivity index (χ0) is 13.7. The SMILES string of the molecule is CCn1ccnc1C(CSc1ccc(Br)cc1)NC. The van der Waals surface area contributed by atoms with Crippen molar-refractivity contribution in [3.05, 3.63) is 47.0 Å². The molecule has 2 aromatic rings. The van der Waals surface area contributed by atoms with Gasteiger partial charge in [0.15, 0.2) is 0 Å². The molecule has 1 atom stereocenters. The molecule has 0 aliphatic carbocycles. The third-order valence-corrected chi connectivity index (χ3v) is 4.61. The molecular weight excluding hydrogens is 322 g/mol. The number of hydrogen-bond donors (Lipinski definition) is 1. The van der Waals surface area contributed by atoms with Crippen molar-refractivity contribution in [1.82, 2.24) is 14.9 Å². The minimum absolute atomic E-state index is 0.267. The van der Waals surface area contributed by atoms with Crippen molar-refractivity contribution >= 4 is 27.7 Å². The summed E-state index contributed by atoms with van der Waals surface area (Å²) in [5, 5.41) is 3.35. The van der Waals surface area contributed by atoms with Crippen LogP contribution in [0, 0.1) is 0 Å². The van der Waals surface area contributed by atoms with E-state index in [1.54, 1.807) is 0 Å². The van der Waals surface area contributed by atoms with E-state index in [4.69, 9.17) is 0 Å². The molecule has 0 radical (unpaired) electrons. The lowest BCUT2D eigenvalue weighted by Gasteiger charge is -2.16. The predicted molar refractivity (Wildman–Crippen MR) is 84.6 cm³/mol. The van der Waals surface area contributed by atoms with Gasteiger partial charge in [0.05, 0.1) is 6.04 Å². The van der Waals surface area contributed by atoms with Gasteiger partial charge in [0, 0.05) is 34.1 Å². The van der Waals surface area contributed by atoms with E-state index in [0.717, 1.165) is 22.6 Å². The summed E-state index contributed by atoms with van der Waals surface area (Å²) in [6.07, 6.45) is 3.90. The highest BCUT2D eigenvalue weighted by molar-refractivity contribution is 9.10. The lowest BCUT2D eigenvalue weighted by atomic mass is 10.3. The molecule has 3 nitrogen and oxygen atoms in total. The number of hydrogen-bond acceptors (Lipinski definition) is 3. The van der Waals surface area contributed by atoms with E-state index in [-0.39, 0.29) is 6.04 Å². The van der Waals surface area contributed by atoms with Crippen LogP contribution >= 0.6 is 27.7 Å². The summed E-state index contributed by atoms with van der Waals surface area (Å²) in [4.78, 5) is 5.74. The van der Waals surface area contributed by atoms with Crippen molar-refractivity contribution in [3.63, 3.8) is 0 Å². The predicted octanol–water partition coefficient (Wildman–Crippen LogP) is 3.72. The van der Waals surface area contributed by atoms with Crippen LogP contribution in [0.3, 0.4) is 0 Å². The Bertz CT molecular complexity index is 510. The quantitative estimate of drug-likeness (QED) is 0.813. The molecule has 0 amide bonds. The summed E-state index contributed by atoms with van der Waals surface area (Å²) >= 11 is 5.30.